The molecule has 2 bridgehead atoms. The number of methoxy groups -OCH3 is 1. The molecule has 3 nitrogen and oxygen atoms in total. The molecule has 0 aromatic carbocycles. The Morgan fingerprint density at radius 2 is 2.35 bits per heavy atom. The molecule has 0 radical (unpaired) electrons. The second-order valence-electron chi connectivity index (χ2n) is 4.69. The van der Waals surface area contributed by atoms with Crippen molar-refractivity contribution in [3.05, 3.63) is 23.8 Å². The number of ether oxygens (including phenoxy) is 2. The van der Waals surface area contributed by atoms with Crippen LogP contribution in [0.5, 0.6) is 0 Å². The lowest BCUT2D eigenvalue weighted by molar-refractivity contribution is -0.136. The van der Waals surface area contributed by atoms with E-state index in [0.29, 0.717) is 6.61 Å². The van der Waals surface area contributed by atoms with Crippen molar-refractivity contribution in [3.8, 4) is 0 Å². The zero-order valence-corrected chi connectivity index (χ0v) is 10.6. The van der Waals surface area contributed by atoms with Gasteiger partial charge in [0.2, 0.25) is 0 Å². The normalized spacial score (nSPS) is 31.6. The predicted molar refractivity (Wildman–Crippen MR) is 65.6 cm³/mol. The zero-order valence-electron chi connectivity index (χ0n) is 10.6. The van der Waals surface area contributed by atoms with Crippen LogP contribution in [0.3, 0.4) is 0 Å². The molecule has 3 rings (SSSR count). The highest BCUT2D eigenvalue weighted by atomic mass is 16.5. The third kappa shape index (κ3) is 2.44. The maximum Gasteiger partial charge on any atom is 0.334 e. The highest BCUT2D eigenvalue weighted by Crippen LogP contribution is 2.37. The summed E-state index contributed by atoms with van der Waals surface area (Å²) in [6.07, 6.45) is 10.5. The fourth-order valence-electron chi connectivity index (χ4n) is 2.73. The molecule has 2 atom stereocenters. The van der Waals surface area contributed by atoms with Gasteiger partial charge in [-0.3, -0.25) is 0 Å². The van der Waals surface area contributed by atoms with Gasteiger partial charge >= 0.3 is 5.97 Å². The quantitative estimate of drug-likeness (QED) is 0.558. The SMILES string of the molecule is CCO[C@]12C=C[C@H](CCCC1)C(C(=O)OC)=C2. The van der Waals surface area contributed by atoms with Crippen molar-refractivity contribution < 1.29 is 14.3 Å². The molecule has 3 aliphatic carbocycles. The van der Waals surface area contributed by atoms with Crippen molar-refractivity contribution in [3.63, 3.8) is 0 Å². The van der Waals surface area contributed by atoms with Crippen molar-refractivity contribution in [2.45, 2.75) is 38.2 Å². The second kappa shape index (κ2) is 5.05. The maximum atomic E-state index is 11.8. The van der Waals surface area contributed by atoms with Crippen molar-refractivity contribution >= 4 is 5.97 Å². The molecule has 0 unspecified atom stereocenters. The third-order valence-electron chi connectivity index (χ3n) is 3.58. The van der Waals surface area contributed by atoms with Gasteiger partial charge in [-0.1, -0.05) is 18.6 Å². The average molecular weight is 236 g/mol. The van der Waals surface area contributed by atoms with Gasteiger partial charge in [0.25, 0.3) is 0 Å². The monoisotopic (exact) mass is 236 g/mol. The Morgan fingerprint density at radius 3 is 3.06 bits per heavy atom. The molecule has 0 spiro atoms. The molecular formula is C14H20O3. The van der Waals surface area contributed by atoms with Crippen LogP contribution in [0.15, 0.2) is 23.8 Å². The number of rotatable bonds is 3. The molecule has 0 heterocycles. The molecule has 0 aromatic rings. The summed E-state index contributed by atoms with van der Waals surface area (Å²) >= 11 is 0. The van der Waals surface area contributed by atoms with Crippen LogP contribution >= 0.6 is 0 Å². The van der Waals surface area contributed by atoms with Crippen LogP contribution in [0.1, 0.15) is 32.6 Å². The third-order valence-corrected chi connectivity index (χ3v) is 3.58. The van der Waals surface area contributed by atoms with Crippen LogP contribution in [0.2, 0.25) is 0 Å². The first-order valence-corrected chi connectivity index (χ1v) is 6.35. The van der Waals surface area contributed by atoms with E-state index in [1.807, 2.05) is 13.0 Å². The number of hydrogen-bond acceptors (Lipinski definition) is 3. The lowest BCUT2D eigenvalue weighted by Crippen LogP contribution is -2.35. The molecule has 0 aliphatic heterocycles. The first-order valence-electron chi connectivity index (χ1n) is 6.35. The number of carbonyl (C=O) groups excluding carboxylic acids is 1. The van der Waals surface area contributed by atoms with E-state index in [1.165, 1.54) is 7.11 Å². The molecule has 0 fully saturated rings. The lowest BCUT2D eigenvalue weighted by atomic mass is 9.77. The van der Waals surface area contributed by atoms with Crippen LogP contribution in [0.4, 0.5) is 0 Å². The molecular weight excluding hydrogens is 216 g/mol. The van der Waals surface area contributed by atoms with E-state index in [-0.39, 0.29) is 17.5 Å². The first-order chi connectivity index (χ1) is 8.21. The first kappa shape index (κ1) is 12.4. The summed E-state index contributed by atoms with van der Waals surface area (Å²) in [5.74, 6) is -0.0124. The van der Waals surface area contributed by atoms with Gasteiger partial charge in [-0.15, -0.1) is 0 Å². The Hall–Kier alpha value is -1.09. The van der Waals surface area contributed by atoms with Gasteiger partial charge < -0.3 is 9.47 Å². The molecule has 0 saturated carbocycles. The Bertz CT molecular complexity index is 356. The van der Waals surface area contributed by atoms with Crippen LogP contribution in [0, 0.1) is 5.92 Å². The molecule has 0 saturated heterocycles. The van der Waals surface area contributed by atoms with Crippen molar-refractivity contribution in [2.24, 2.45) is 5.92 Å². The summed E-state index contributed by atoms with van der Waals surface area (Å²) < 4.78 is 10.7. The topological polar surface area (TPSA) is 35.5 Å². The predicted octanol–water partition coefficient (Wildman–Crippen LogP) is 2.62. The lowest BCUT2D eigenvalue weighted by Gasteiger charge is -2.35. The van der Waals surface area contributed by atoms with Crippen LogP contribution in [-0.2, 0) is 14.3 Å². The fraction of sp³-hybridized carbons (Fsp3) is 0.643. The summed E-state index contributed by atoms with van der Waals surface area (Å²) in [6.45, 7) is 2.64. The number of esters is 1. The smallest absolute Gasteiger partial charge is 0.334 e. The second-order valence-corrected chi connectivity index (χ2v) is 4.69. The minimum atomic E-state index is -0.380. The molecule has 94 valence electrons. The standard InChI is InChI=1S/C14H20O3/c1-3-17-14-8-5-4-6-11(7-9-14)12(10-14)13(15)16-2/h7,9-11H,3-6,8H2,1-2H3/t11-,14-/m0/s1. The highest BCUT2D eigenvalue weighted by molar-refractivity contribution is 5.90. The summed E-state index contributed by atoms with van der Waals surface area (Å²) in [6, 6.07) is 0. The van der Waals surface area contributed by atoms with Crippen molar-refractivity contribution in [2.75, 3.05) is 13.7 Å². The summed E-state index contributed by atoms with van der Waals surface area (Å²) in [4.78, 5) is 11.8. The van der Waals surface area contributed by atoms with E-state index in [9.17, 15) is 4.79 Å². The molecule has 0 N–H and O–H groups in total. The Kier molecular flexibility index (Phi) is 3.67. The van der Waals surface area contributed by atoms with E-state index < -0.39 is 0 Å². The highest BCUT2D eigenvalue weighted by Gasteiger charge is 2.35. The molecule has 0 aromatic heterocycles. The van der Waals surface area contributed by atoms with Gasteiger partial charge in [0, 0.05) is 18.1 Å². The Balaban J connectivity index is 2.34. The number of fused-ring (bicyclic) bond motifs is 3. The number of hydrogen-bond donors (Lipinski definition) is 0. The van der Waals surface area contributed by atoms with E-state index in [1.54, 1.807) is 0 Å². The van der Waals surface area contributed by atoms with E-state index in [2.05, 4.69) is 12.2 Å². The molecule has 3 heteroatoms. The largest absolute Gasteiger partial charge is 0.466 e. The number of allylic oxidation sites excluding steroid dienone is 1. The van der Waals surface area contributed by atoms with Crippen LogP contribution < -0.4 is 0 Å². The minimum Gasteiger partial charge on any atom is -0.466 e. The van der Waals surface area contributed by atoms with Gasteiger partial charge in [-0.2, -0.15) is 0 Å². The Morgan fingerprint density at radius 1 is 1.53 bits per heavy atom. The van der Waals surface area contributed by atoms with Crippen LogP contribution in [-0.4, -0.2) is 25.3 Å². The summed E-state index contributed by atoms with van der Waals surface area (Å²) in [5.41, 5.74) is 0.387. The van der Waals surface area contributed by atoms with Crippen molar-refractivity contribution in [1.82, 2.24) is 0 Å². The summed E-state index contributed by atoms with van der Waals surface area (Å²) in [7, 11) is 1.44. The van der Waals surface area contributed by atoms with Gasteiger partial charge in [0.05, 0.1) is 7.11 Å². The average Bonchev–Trinajstić information content (AvgIpc) is 2.31. The fourth-order valence-corrected chi connectivity index (χ4v) is 2.73. The van der Waals surface area contributed by atoms with Crippen molar-refractivity contribution in [1.29, 1.82) is 0 Å². The molecule has 3 aliphatic rings. The van der Waals surface area contributed by atoms with E-state index in [0.717, 1.165) is 31.3 Å². The Labute approximate surface area is 102 Å². The summed E-state index contributed by atoms with van der Waals surface area (Å²) in [5, 5.41) is 0. The number of carbonyl (C=O) groups is 1. The maximum absolute atomic E-state index is 11.8. The van der Waals surface area contributed by atoms with Gasteiger partial charge in [-0.05, 0) is 32.3 Å². The van der Waals surface area contributed by atoms with Gasteiger partial charge in [0.15, 0.2) is 0 Å². The zero-order chi connectivity index (χ0) is 12.3. The molecule has 17 heavy (non-hydrogen) atoms. The minimum absolute atomic E-state index is 0.205. The van der Waals surface area contributed by atoms with Gasteiger partial charge in [0.1, 0.15) is 5.60 Å². The van der Waals surface area contributed by atoms with E-state index in [4.69, 9.17) is 9.47 Å². The molecule has 0 amide bonds. The van der Waals surface area contributed by atoms with Gasteiger partial charge in [-0.25, -0.2) is 4.79 Å². The van der Waals surface area contributed by atoms with E-state index >= 15 is 0 Å². The van der Waals surface area contributed by atoms with Crippen LogP contribution in [0.25, 0.3) is 0 Å².